The highest BCUT2D eigenvalue weighted by Crippen LogP contribution is 2.26. The number of para-hydroxylation sites is 2. The maximum atomic E-state index is 3.35. The Bertz CT molecular complexity index is 271. The largest absolute Gasteiger partial charge is 0.382 e. The first-order valence-electron chi connectivity index (χ1n) is 5.33. The maximum Gasteiger partial charge on any atom is 0.0600 e. The normalized spacial score (nSPS) is 13.5. The van der Waals surface area contributed by atoms with Crippen molar-refractivity contribution in [3.8, 4) is 0 Å². The third-order valence-electron chi connectivity index (χ3n) is 2.08. The van der Waals surface area contributed by atoms with E-state index in [0.717, 1.165) is 13.1 Å². The second-order valence-corrected chi connectivity index (χ2v) is 3.57. The second kappa shape index (κ2) is 5.53. The topological polar surface area (TPSA) is 15.3 Å². The molecular formula is C12H20N2. The van der Waals surface area contributed by atoms with E-state index in [9.17, 15) is 0 Å². The van der Waals surface area contributed by atoms with Crippen LogP contribution in [0, 0.1) is 0 Å². The Kier molecular flexibility index (Phi) is 4.30. The van der Waals surface area contributed by atoms with Gasteiger partial charge in [-0.05, 0) is 12.1 Å². The minimum atomic E-state index is 1.05. The molecule has 14 heavy (non-hydrogen) atoms. The second-order valence-electron chi connectivity index (χ2n) is 3.57. The number of hydrogen-bond donors (Lipinski definition) is 1. The standard InChI is InChI=1S/C9H12N2.C3H8/c1-11-7-6-10-8-4-2-3-5-9(8)11;1-3-2/h2-5,10H,6-7H2,1H3;3H2,1-2H3. The Hall–Kier alpha value is -1.18. The monoisotopic (exact) mass is 192 g/mol. The molecule has 0 fully saturated rings. The molecule has 78 valence electrons. The molecule has 0 amide bonds. The number of likely N-dealkylation sites (N-methyl/N-ethyl adjacent to an activating group) is 1. The molecule has 1 aliphatic heterocycles. The van der Waals surface area contributed by atoms with Crippen molar-refractivity contribution in [2.45, 2.75) is 20.3 Å². The minimum absolute atomic E-state index is 1.05. The molecule has 2 rings (SSSR count). The molecule has 0 aliphatic carbocycles. The van der Waals surface area contributed by atoms with Gasteiger partial charge in [-0.25, -0.2) is 0 Å². The van der Waals surface area contributed by atoms with E-state index in [1.165, 1.54) is 17.8 Å². The van der Waals surface area contributed by atoms with E-state index in [0.29, 0.717) is 0 Å². The van der Waals surface area contributed by atoms with E-state index in [4.69, 9.17) is 0 Å². The van der Waals surface area contributed by atoms with Crippen molar-refractivity contribution < 1.29 is 0 Å². The van der Waals surface area contributed by atoms with Gasteiger partial charge in [0.1, 0.15) is 0 Å². The quantitative estimate of drug-likeness (QED) is 0.680. The predicted molar refractivity (Wildman–Crippen MR) is 64.2 cm³/mol. The molecule has 1 aromatic carbocycles. The van der Waals surface area contributed by atoms with Crippen molar-refractivity contribution in [2.75, 3.05) is 30.4 Å². The van der Waals surface area contributed by atoms with Crippen molar-refractivity contribution in [3.63, 3.8) is 0 Å². The van der Waals surface area contributed by atoms with Crippen molar-refractivity contribution in [2.24, 2.45) is 0 Å². The summed E-state index contributed by atoms with van der Waals surface area (Å²) in [5, 5.41) is 3.35. The van der Waals surface area contributed by atoms with Gasteiger partial charge in [0, 0.05) is 20.1 Å². The summed E-state index contributed by atoms with van der Waals surface area (Å²) in [6, 6.07) is 8.39. The fourth-order valence-corrected chi connectivity index (χ4v) is 1.43. The van der Waals surface area contributed by atoms with Crippen LogP contribution < -0.4 is 10.2 Å². The van der Waals surface area contributed by atoms with E-state index in [2.05, 4.69) is 55.4 Å². The zero-order valence-electron chi connectivity index (χ0n) is 9.38. The van der Waals surface area contributed by atoms with Gasteiger partial charge >= 0.3 is 0 Å². The van der Waals surface area contributed by atoms with Crippen LogP contribution in [0.1, 0.15) is 20.3 Å². The van der Waals surface area contributed by atoms with E-state index < -0.39 is 0 Å². The number of nitrogens with zero attached hydrogens (tertiary/aromatic N) is 1. The van der Waals surface area contributed by atoms with E-state index in [1.54, 1.807) is 0 Å². The molecule has 0 saturated carbocycles. The predicted octanol–water partition coefficient (Wildman–Crippen LogP) is 2.96. The van der Waals surface area contributed by atoms with Gasteiger partial charge in [-0.2, -0.15) is 0 Å². The van der Waals surface area contributed by atoms with Crippen LogP contribution in [0.15, 0.2) is 24.3 Å². The van der Waals surface area contributed by atoms with E-state index in [-0.39, 0.29) is 0 Å². The minimum Gasteiger partial charge on any atom is -0.382 e. The lowest BCUT2D eigenvalue weighted by molar-refractivity contribution is 0.887. The van der Waals surface area contributed by atoms with Crippen molar-refractivity contribution in [1.29, 1.82) is 0 Å². The Morgan fingerprint density at radius 3 is 2.57 bits per heavy atom. The summed E-state index contributed by atoms with van der Waals surface area (Å²) in [5.74, 6) is 0. The van der Waals surface area contributed by atoms with Crippen LogP contribution in [0.2, 0.25) is 0 Å². The fourth-order valence-electron chi connectivity index (χ4n) is 1.43. The summed E-state index contributed by atoms with van der Waals surface area (Å²) in [7, 11) is 2.12. The van der Waals surface area contributed by atoms with Gasteiger partial charge in [0.05, 0.1) is 11.4 Å². The summed E-state index contributed by atoms with van der Waals surface area (Å²) in [5.41, 5.74) is 2.56. The first-order chi connectivity index (χ1) is 6.79. The van der Waals surface area contributed by atoms with Crippen LogP contribution in [-0.2, 0) is 0 Å². The summed E-state index contributed by atoms with van der Waals surface area (Å²) in [4.78, 5) is 2.27. The summed E-state index contributed by atoms with van der Waals surface area (Å²) in [6.07, 6.45) is 1.25. The molecule has 0 unspecified atom stereocenters. The number of nitrogens with one attached hydrogen (secondary N) is 1. The number of hydrogen-bond acceptors (Lipinski definition) is 2. The lowest BCUT2D eigenvalue weighted by Gasteiger charge is -2.28. The molecule has 0 atom stereocenters. The average molecular weight is 192 g/mol. The van der Waals surface area contributed by atoms with Gasteiger partial charge in [-0.3, -0.25) is 0 Å². The van der Waals surface area contributed by atoms with E-state index in [1.807, 2.05) is 0 Å². The highest BCUT2D eigenvalue weighted by Gasteiger charge is 2.10. The zero-order chi connectivity index (χ0) is 10.4. The average Bonchev–Trinajstić information content (AvgIpc) is 2.20. The SMILES string of the molecule is CCC.CN1CCNc2ccccc21. The molecule has 2 heteroatoms. The van der Waals surface area contributed by atoms with Gasteiger partial charge in [0.15, 0.2) is 0 Å². The van der Waals surface area contributed by atoms with Gasteiger partial charge in [0.25, 0.3) is 0 Å². The molecule has 1 N–H and O–H groups in total. The summed E-state index contributed by atoms with van der Waals surface area (Å²) in [6.45, 7) is 6.39. The number of fused-ring (bicyclic) bond motifs is 1. The third kappa shape index (κ3) is 2.66. The smallest absolute Gasteiger partial charge is 0.0600 e. The Morgan fingerprint density at radius 2 is 1.93 bits per heavy atom. The van der Waals surface area contributed by atoms with Crippen LogP contribution in [0.3, 0.4) is 0 Å². The van der Waals surface area contributed by atoms with Gasteiger partial charge in [0.2, 0.25) is 0 Å². The Balaban J connectivity index is 0.000000293. The van der Waals surface area contributed by atoms with Gasteiger partial charge in [-0.15, -0.1) is 0 Å². The zero-order valence-corrected chi connectivity index (χ0v) is 9.38. The lowest BCUT2D eigenvalue weighted by Crippen LogP contribution is -2.30. The van der Waals surface area contributed by atoms with Gasteiger partial charge in [-0.1, -0.05) is 32.4 Å². The van der Waals surface area contributed by atoms with Crippen LogP contribution in [-0.4, -0.2) is 20.1 Å². The molecule has 2 nitrogen and oxygen atoms in total. The molecular weight excluding hydrogens is 172 g/mol. The fraction of sp³-hybridized carbons (Fsp3) is 0.500. The number of rotatable bonds is 0. The third-order valence-corrected chi connectivity index (χ3v) is 2.08. The van der Waals surface area contributed by atoms with Crippen molar-refractivity contribution >= 4 is 11.4 Å². The molecule has 0 saturated heterocycles. The maximum absolute atomic E-state index is 3.35. The first-order valence-corrected chi connectivity index (χ1v) is 5.33. The number of benzene rings is 1. The first kappa shape index (κ1) is 10.9. The van der Waals surface area contributed by atoms with Crippen LogP contribution >= 0.6 is 0 Å². The molecule has 0 bridgehead atoms. The highest BCUT2D eigenvalue weighted by molar-refractivity contribution is 5.71. The highest BCUT2D eigenvalue weighted by atomic mass is 15.2. The lowest BCUT2D eigenvalue weighted by atomic mass is 10.2. The summed E-state index contributed by atoms with van der Waals surface area (Å²) < 4.78 is 0. The molecule has 1 aromatic rings. The van der Waals surface area contributed by atoms with Crippen LogP contribution in [0.4, 0.5) is 11.4 Å². The van der Waals surface area contributed by atoms with Crippen molar-refractivity contribution in [3.05, 3.63) is 24.3 Å². The molecule has 1 aliphatic rings. The molecule has 0 spiro atoms. The number of anilines is 2. The van der Waals surface area contributed by atoms with Gasteiger partial charge < -0.3 is 10.2 Å². The molecule has 0 radical (unpaired) electrons. The van der Waals surface area contributed by atoms with Crippen LogP contribution in [0.5, 0.6) is 0 Å². The Labute approximate surface area is 86.9 Å². The Morgan fingerprint density at radius 1 is 1.29 bits per heavy atom. The van der Waals surface area contributed by atoms with Crippen molar-refractivity contribution in [1.82, 2.24) is 0 Å². The van der Waals surface area contributed by atoms with Crippen LogP contribution in [0.25, 0.3) is 0 Å². The van der Waals surface area contributed by atoms with E-state index >= 15 is 0 Å². The molecule has 0 aromatic heterocycles. The molecule has 1 heterocycles. The summed E-state index contributed by atoms with van der Waals surface area (Å²) >= 11 is 0.